The molecule has 0 N–H and O–H groups in total. The number of rotatable bonds is 0. The number of hydrogen-bond acceptors (Lipinski definition) is 2. The van der Waals surface area contributed by atoms with E-state index in [-0.39, 0.29) is 23.7 Å². The Morgan fingerprint density at radius 2 is 0.750 bits per heavy atom. The molecular weight excluding hydrogens is 825 g/mol. The zero-order valence-corrected chi connectivity index (χ0v) is 36.3. The van der Waals surface area contributed by atoms with Crippen LogP contribution in [0.3, 0.4) is 0 Å². The zero-order valence-electron chi connectivity index (χ0n) is 36.3. The molecule has 10 aromatic carbocycles. The fourth-order valence-electron chi connectivity index (χ4n) is 15.2. The highest BCUT2D eigenvalue weighted by Gasteiger charge is 2.47. The van der Waals surface area contributed by atoms with Crippen LogP contribution in [0.2, 0.25) is 0 Å². The van der Waals surface area contributed by atoms with Crippen molar-refractivity contribution in [1.82, 2.24) is 8.80 Å². The van der Waals surface area contributed by atoms with Crippen molar-refractivity contribution in [3.63, 3.8) is 0 Å². The number of nitrogens with zero attached hydrogens (tertiary/aromatic N) is 4. The maximum absolute atomic E-state index is 11.5. The van der Waals surface area contributed by atoms with Crippen LogP contribution in [0.5, 0.6) is 0 Å². The van der Waals surface area contributed by atoms with Gasteiger partial charge in [-0.2, -0.15) is 10.5 Å². The Labute approximate surface area is 388 Å². The minimum absolute atomic E-state index is 0.0499. The highest BCUT2D eigenvalue weighted by Crippen LogP contribution is 2.63. The van der Waals surface area contributed by atoms with Crippen molar-refractivity contribution in [2.24, 2.45) is 0 Å². The van der Waals surface area contributed by atoms with Crippen molar-refractivity contribution >= 4 is 87.0 Å². The molecule has 0 amide bonds. The number of nitriles is 2. The molecule has 6 aliphatic rings. The monoisotopic (exact) mass is 856 g/mol. The van der Waals surface area contributed by atoms with Crippen LogP contribution in [0.25, 0.3) is 87.0 Å². The van der Waals surface area contributed by atoms with Crippen LogP contribution >= 0.6 is 0 Å². The van der Waals surface area contributed by atoms with Crippen molar-refractivity contribution in [3.05, 3.63) is 248 Å². The summed E-state index contributed by atoms with van der Waals surface area (Å²) in [4.78, 5) is 0. The van der Waals surface area contributed by atoms with Gasteiger partial charge in [-0.25, -0.2) is 0 Å². The second-order valence-electron chi connectivity index (χ2n) is 19.9. The van der Waals surface area contributed by atoms with E-state index in [9.17, 15) is 10.5 Å². The van der Waals surface area contributed by atoms with Crippen molar-refractivity contribution in [3.8, 4) is 12.1 Å². The van der Waals surface area contributed by atoms with E-state index in [1.54, 1.807) is 0 Å². The molecule has 0 saturated heterocycles. The van der Waals surface area contributed by atoms with Gasteiger partial charge in [0.1, 0.15) is 0 Å². The van der Waals surface area contributed by atoms with Crippen molar-refractivity contribution in [2.75, 3.05) is 0 Å². The first-order valence-electron chi connectivity index (χ1n) is 23.8. The van der Waals surface area contributed by atoms with Gasteiger partial charge in [0.2, 0.25) is 0 Å². The number of fused-ring (bicyclic) bond motifs is 13. The SMILES string of the molecule is N#Cc1cc2c(c3c1C1c4ccccc4C3c3ccccc31)c1cc3c(c4cccc5ccc6c7ccccc7n3c6c54)c3c4c5c(c(C#N)cc4n2c13)C1c2ccccc2C5c2ccccc21. The lowest BCUT2D eigenvalue weighted by molar-refractivity contribution is 0.758. The Morgan fingerprint density at radius 3 is 1.31 bits per heavy atom. The molecule has 0 aliphatic heterocycles. The molecule has 0 fully saturated rings. The minimum atomic E-state index is -0.0702. The van der Waals surface area contributed by atoms with Gasteiger partial charge in [-0.3, -0.25) is 0 Å². The first kappa shape index (κ1) is 34.4. The summed E-state index contributed by atoms with van der Waals surface area (Å²) in [6, 6.07) is 68.7. The molecule has 0 unspecified atom stereocenters. The molecule has 68 heavy (non-hydrogen) atoms. The molecule has 6 aliphatic carbocycles. The fraction of sp³-hybridized carbons (Fsp3) is 0.0625. The Balaban J connectivity index is 1.15. The largest absolute Gasteiger partial charge is 0.308 e. The molecule has 4 bridgehead atoms. The third-order valence-electron chi connectivity index (χ3n) is 17.3. The number of aromatic nitrogens is 2. The second kappa shape index (κ2) is 11.3. The predicted octanol–water partition coefficient (Wildman–Crippen LogP) is 14.9. The second-order valence-corrected chi connectivity index (χ2v) is 19.9. The van der Waals surface area contributed by atoms with Crippen LogP contribution in [-0.2, 0) is 0 Å². The van der Waals surface area contributed by atoms with Gasteiger partial charge in [-0.05, 0) is 102 Å². The summed E-state index contributed by atoms with van der Waals surface area (Å²) in [6.45, 7) is 0. The van der Waals surface area contributed by atoms with Crippen LogP contribution in [0, 0.1) is 22.7 Å². The van der Waals surface area contributed by atoms with Crippen molar-refractivity contribution < 1.29 is 0 Å². The van der Waals surface area contributed by atoms with Crippen LogP contribution in [-0.4, -0.2) is 8.80 Å². The van der Waals surface area contributed by atoms with Gasteiger partial charge < -0.3 is 8.80 Å². The lowest BCUT2D eigenvalue weighted by Crippen LogP contribution is -2.28. The maximum Gasteiger partial charge on any atom is 0.0995 e. The molecule has 14 aromatic rings. The van der Waals surface area contributed by atoms with E-state index in [0.717, 1.165) is 33.3 Å². The number of pyridine rings is 1. The highest BCUT2D eigenvalue weighted by molar-refractivity contribution is 6.40. The Kier molecular flexibility index (Phi) is 5.74. The lowest BCUT2D eigenvalue weighted by Gasteiger charge is -2.43. The topological polar surface area (TPSA) is 56.4 Å². The van der Waals surface area contributed by atoms with E-state index in [0.29, 0.717) is 0 Å². The summed E-state index contributed by atoms with van der Waals surface area (Å²) >= 11 is 0. The number of hydrogen-bond donors (Lipinski definition) is 0. The number of para-hydroxylation sites is 1. The molecule has 0 radical (unpaired) electrons. The molecule has 0 spiro atoms. The predicted molar refractivity (Wildman–Crippen MR) is 272 cm³/mol. The van der Waals surface area contributed by atoms with Crippen LogP contribution in [0.1, 0.15) is 102 Å². The molecule has 0 saturated carbocycles. The van der Waals surface area contributed by atoms with E-state index in [1.807, 2.05) is 0 Å². The van der Waals surface area contributed by atoms with Gasteiger partial charge in [0.05, 0.1) is 56.4 Å². The van der Waals surface area contributed by atoms with Crippen LogP contribution < -0.4 is 0 Å². The number of benzene rings is 10. The summed E-state index contributed by atoms with van der Waals surface area (Å²) in [5.41, 5.74) is 23.6. The van der Waals surface area contributed by atoms with Crippen LogP contribution in [0.15, 0.2) is 170 Å². The Morgan fingerprint density at radius 1 is 0.309 bits per heavy atom. The molecule has 4 heterocycles. The summed E-state index contributed by atoms with van der Waals surface area (Å²) in [6.07, 6.45) is 0. The first-order valence-corrected chi connectivity index (χ1v) is 23.8. The first-order chi connectivity index (χ1) is 33.7. The molecule has 308 valence electrons. The zero-order chi connectivity index (χ0) is 44.0. The molecule has 4 nitrogen and oxygen atoms in total. The van der Waals surface area contributed by atoms with E-state index < -0.39 is 0 Å². The molecule has 4 heteroatoms. The van der Waals surface area contributed by atoms with Gasteiger partial charge in [0, 0.05) is 66.8 Å². The van der Waals surface area contributed by atoms with E-state index in [1.165, 1.54) is 132 Å². The van der Waals surface area contributed by atoms with E-state index in [4.69, 9.17) is 0 Å². The lowest BCUT2D eigenvalue weighted by atomic mass is 9.59. The fourth-order valence-corrected chi connectivity index (χ4v) is 15.2. The van der Waals surface area contributed by atoms with E-state index >= 15 is 0 Å². The van der Waals surface area contributed by atoms with Crippen molar-refractivity contribution in [1.29, 1.82) is 10.5 Å². The quantitative estimate of drug-likeness (QED) is 0.113. The maximum atomic E-state index is 11.5. The average Bonchev–Trinajstić information content (AvgIpc) is 4.05. The molecule has 20 rings (SSSR count). The average molecular weight is 857 g/mol. The Bertz CT molecular complexity index is 4760. The molecule has 4 aromatic heterocycles. The van der Waals surface area contributed by atoms with Crippen LogP contribution in [0.4, 0.5) is 0 Å². The molecule has 0 atom stereocenters. The van der Waals surface area contributed by atoms with Gasteiger partial charge in [-0.15, -0.1) is 0 Å². The van der Waals surface area contributed by atoms with Gasteiger partial charge in [0.25, 0.3) is 0 Å². The summed E-state index contributed by atoms with van der Waals surface area (Å²) in [5.74, 6) is -0.244. The van der Waals surface area contributed by atoms with Crippen molar-refractivity contribution in [2.45, 2.75) is 23.7 Å². The summed E-state index contributed by atoms with van der Waals surface area (Å²) in [5, 5.41) is 35.2. The summed E-state index contributed by atoms with van der Waals surface area (Å²) in [7, 11) is 0. The minimum Gasteiger partial charge on any atom is -0.308 e. The third-order valence-corrected chi connectivity index (χ3v) is 17.3. The third kappa shape index (κ3) is 3.54. The van der Waals surface area contributed by atoms with E-state index in [2.05, 4.69) is 191 Å². The Hall–Kier alpha value is -8.96. The van der Waals surface area contributed by atoms with Gasteiger partial charge in [-0.1, -0.05) is 146 Å². The highest BCUT2D eigenvalue weighted by atomic mass is 14.9. The van der Waals surface area contributed by atoms with Gasteiger partial charge in [0.15, 0.2) is 0 Å². The molecular formula is C64H32N4. The standard InChI is InChI=1S/C64H32N4/c65-29-32-26-47-58(60-51(32)53-35-14-1-5-18-39(35)55(60)40-19-6-2-15-36(40)53)45-28-49-57(44-22-11-12-31-24-25-43-34-13-9-10-23-46(34)67(49)63(43)50(31)44)62-59-48(68(47)64(45)62)27-33(30-66)52-54-37-16-3-7-20-41(37)56(61(52)59)42-21-8-4-17-38(42)54/h1-28,53-56H. The summed E-state index contributed by atoms with van der Waals surface area (Å²) < 4.78 is 5.06. The smallest absolute Gasteiger partial charge is 0.0995 e. The van der Waals surface area contributed by atoms with Gasteiger partial charge >= 0.3 is 0 Å². The normalized spacial score (nSPS) is 18.3.